The van der Waals surface area contributed by atoms with Crippen LogP contribution in [0.2, 0.25) is 0 Å². The Morgan fingerprint density at radius 1 is 0.680 bits per heavy atom. The summed E-state index contributed by atoms with van der Waals surface area (Å²) in [6, 6.07) is 27.7. The van der Waals surface area contributed by atoms with Crippen molar-refractivity contribution in [2.45, 2.75) is 5.79 Å². The van der Waals surface area contributed by atoms with Crippen LogP contribution in [0.1, 0.15) is 16.7 Å². The first kappa shape index (κ1) is 15.4. The zero-order valence-electron chi connectivity index (χ0n) is 13.4. The highest BCUT2D eigenvalue weighted by atomic mass is 16.7. The predicted molar refractivity (Wildman–Crippen MR) is 96.1 cm³/mol. The van der Waals surface area contributed by atoms with Crippen molar-refractivity contribution >= 4 is 17.1 Å². The van der Waals surface area contributed by atoms with Crippen LogP contribution in [0.5, 0.6) is 0 Å². The van der Waals surface area contributed by atoms with Crippen molar-refractivity contribution in [3.63, 3.8) is 0 Å². The summed E-state index contributed by atoms with van der Waals surface area (Å²) < 4.78 is 5.51. The van der Waals surface area contributed by atoms with Gasteiger partial charge in [0.2, 0.25) is 0 Å². The van der Waals surface area contributed by atoms with E-state index >= 15 is 0 Å². The second-order valence-corrected chi connectivity index (χ2v) is 5.88. The number of benzene rings is 3. The standard InChI is InChI=1S/C22H16O3/c23-21-19(16-10-4-1-5-11-16)20(17-12-6-2-7-13-17)22(24,25-21)18-14-8-3-9-15-18/h1-15,24H. The van der Waals surface area contributed by atoms with Crippen LogP contribution in [0.4, 0.5) is 0 Å². The van der Waals surface area contributed by atoms with Crippen LogP contribution in [0.25, 0.3) is 11.1 Å². The average Bonchev–Trinajstić information content (AvgIpc) is 2.95. The van der Waals surface area contributed by atoms with Gasteiger partial charge in [0.25, 0.3) is 5.79 Å². The summed E-state index contributed by atoms with van der Waals surface area (Å²) in [6.45, 7) is 0. The summed E-state index contributed by atoms with van der Waals surface area (Å²) in [6.07, 6.45) is 0. The average molecular weight is 328 g/mol. The molecule has 4 rings (SSSR count). The Morgan fingerprint density at radius 3 is 1.72 bits per heavy atom. The second kappa shape index (κ2) is 6.04. The van der Waals surface area contributed by atoms with E-state index in [9.17, 15) is 9.90 Å². The Hall–Kier alpha value is -3.17. The van der Waals surface area contributed by atoms with E-state index in [1.807, 2.05) is 78.9 Å². The van der Waals surface area contributed by atoms with Crippen molar-refractivity contribution in [2.75, 3.05) is 0 Å². The highest BCUT2D eigenvalue weighted by Crippen LogP contribution is 2.48. The topological polar surface area (TPSA) is 46.5 Å². The third-order valence-electron chi connectivity index (χ3n) is 4.32. The molecule has 0 spiro atoms. The molecule has 0 amide bonds. The van der Waals surface area contributed by atoms with Gasteiger partial charge in [-0.05, 0) is 11.1 Å². The summed E-state index contributed by atoms with van der Waals surface area (Å²) in [5.41, 5.74) is 2.85. The van der Waals surface area contributed by atoms with E-state index in [1.165, 1.54) is 0 Å². The molecule has 0 fully saturated rings. The quantitative estimate of drug-likeness (QED) is 0.739. The number of cyclic esters (lactones) is 1. The van der Waals surface area contributed by atoms with Gasteiger partial charge in [-0.3, -0.25) is 0 Å². The van der Waals surface area contributed by atoms with Gasteiger partial charge < -0.3 is 9.84 Å². The van der Waals surface area contributed by atoms with Crippen molar-refractivity contribution in [3.05, 3.63) is 108 Å². The third kappa shape index (κ3) is 2.55. The summed E-state index contributed by atoms with van der Waals surface area (Å²) in [5.74, 6) is -2.35. The van der Waals surface area contributed by atoms with E-state index in [-0.39, 0.29) is 0 Å². The van der Waals surface area contributed by atoms with Gasteiger partial charge >= 0.3 is 5.97 Å². The third-order valence-corrected chi connectivity index (χ3v) is 4.32. The van der Waals surface area contributed by atoms with Gasteiger partial charge in [0.1, 0.15) is 0 Å². The fourth-order valence-corrected chi connectivity index (χ4v) is 3.19. The maximum absolute atomic E-state index is 12.7. The number of rotatable bonds is 3. The summed E-state index contributed by atoms with van der Waals surface area (Å²) >= 11 is 0. The maximum atomic E-state index is 12.7. The molecule has 3 nitrogen and oxygen atoms in total. The van der Waals surface area contributed by atoms with Crippen LogP contribution in [0.3, 0.4) is 0 Å². The Bertz CT molecular complexity index is 931. The zero-order chi connectivity index (χ0) is 17.3. The zero-order valence-corrected chi connectivity index (χ0v) is 13.4. The highest BCUT2D eigenvalue weighted by Gasteiger charge is 2.48. The Labute approximate surface area is 145 Å². The molecule has 3 heteroatoms. The van der Waals surface area contributed by atoms with Crippen LogP contribution in [0, 0.1) is 0 Å². The van der Waals surface area contributed by atoms with Crippen LogP contribution < -0.4 is 0 Å². The summed E-state index contributed by atoms with van der Waals surface area (Å²) in [4.78, 5) is 12.7. The molecule has 0 radical (unpaired) electrons. The molecular formula is C22H16O3. The molecule has 1 aliphatic rings. The van der Waals surface area contributed by atoms with Crippen molar-refractivity contribution in [1.82, 2.24) is 0 Å². The minimum absolute atomic E-state index is 0.387. The first-order valence-electron chi connectivity index (χ1n) is 8.07. The Kier molecular flexibility index (Phi) is 3.71. The van der Waals surface area contributed by atoms with Gasteiger partial charge in [0.05, 0.1) is 11.1 Å². The molecule has 1 atom stereocenters. The minimum Gasteiger partial charge on any atom is -0.421 e. The molecule has 25 heavy (non-hydrogen) atoms. The number of carbonyl (C=O) groups excluding carboxylic acids is 1. The molecule has 0 bridgehead atoms. The van der Waals surface area contributed by atoms with E-state index in [2.05, 4.69) is 0 Å². The molecule has 1 heterocycles. The first-order valence-corrected chi connectivity index (χ1v) is 8.07. The monoisotopic (exact) mass is 328 g/mol. The van der Waals surface area contributed by atoms with Gasteiger partial charge in [-0.15, -0.1) is 0 Å². The molecule has 1 aliphatic heterocycles. The van der Waals surface area contributed by atoms with Gasteiger partial charge in [0.15, 0.2) is 0 Å². The van der Waals surface area contributed by atoms with Gasteiger partial charge in [-0.2, -0.15) is 0 Å². The van der Waals surface area contributed by atoms with Crippen molar-refractivity contribution in [1.29, 1.82) is 0 Å². The van der Waals surface area contributed by atoms with Gasteiger partial charge in [-0.25, -0.2) is 4.79 Å². The number of aliphatic hydroxyl groups is 1. The lowest BCUT2D eigenvalue weighted by atomic mass is 9.87. The molecule has 0 aromatic heterocycles. The number of hydrogen-bond acceptors (Lipinski definition) is 3. The largest absolute Gasteiger partial charge is 0.421 e. The van der Waals surface area contributed by atoms with Crippen molar-refractivity contribution in [3.8, 4) is 0 Å². The number of hydrogen-bond donors (Lipinski definition) is 1. The first-order chi connectivity index (χ1) is 12.2. The molecule has 1 N–H and O–H groups in total. The molecule has 1 unspecified atom stereocenters. The second-order valence-electron chi connectivity index (χ2n) is 5.88. The van der Waals surface area contributed by atoms with E-state index < -0.39 is 11.8 Å². The smallest absolute Gasteiger partial charge is 0.342 e. The van der Waals surface area contributed by atoms with Gasteiger partial charge in [-0.1, -0.05) is 91.0 Å². The van der Waals surface area contributed by atoms with E-state index in [0.29, 0.717) is 16.7 Å². The Morgan fingerprint density at radius 2 is 1.16 bits per heavy atom. The molecule has 0 aliphatic carbocycles. The maximum Gasteiger partial charge on any atom is 0.342 e. The highest BCUT2D eigenvalue weighted by molar-refractivity contribution is 6.28. The fourth-order valence-electron chi connectivity index (χ4n) is 3.19. The van der Waals surface area contributed by atoms with E-state index in [4.69, 9.17) is 4.74 Å². The van der Waals surface area contributed by atoms with E-state index in [1.54, 1.807) is 12.1 Å². The molecule has 3 aromatic carbocycles. The normalized spacial score (nSPS) is 19.8. The number of ether oxygens (including phenoxy) is 1. The molecule has 0 saturated carbocycles. The lowest BCUT2D eigenvalue weighted by Gasteiger charge is -2.25. The Balaban J connectivity index is 2.02. The van der Waals surface area contributed by atoms with Crippen LogP contribution in [0.15, 0.2) is 91.0 Å². The summed E-state index contributed by atoms with van der Waals surface area (Å²) in [5, 5.41) is 11.4. The predicted octanol–water partition coefficient (Wildman–Crippen LogP) is 4.00. The lowest BCUT2D eigenvalue weighted by Crippen LogP contribution is -2.28. The van der Waals surface area contributed by atoms with Crippen LogP contribution >= 0.6 is 0 Å². The summed E-state index contributed by atoms with van der Waals surface area (Å²) in [7, 11) is 0. The molecular weight excluding hydrogens is 312 g/mol. The van der Waals surface area contributed by atoms with Crippen LogP contribution in [-0.2, 0) is 15.3 Å². The van der Waals surface area contributed by atoms with Gasteiger partial charge in [0, 0.05) is 5.56 Å². The minimum atomic E-state index is -1.81. The molecule has 122 valence electrons. The lowest BCUT2D eigenvalue weighted by molar-refractivity contribution is -0.178. The molecule has 3 aromatic rings. The van der Waals surface area contributed by atoms with Crippen LogP contribution in [-0.4, -0.2) is 11.1 Å². The van der Waals surface area contributed by atoms with E-state index in [0.717, 1.165) is 11.1 Å². The number of carbonyl (C=O) groups is 1. The van der Waals surface area contributed by atoms with Crippen molar-refractivity contribution in [2.24, 2.45) is 0 Å². The fraction of sp³-hybridized carbons (Fsp3) is 0.0455. The SMILES string of the molecule is O=C1OC(O)(c2ccccc2)C(c2ccccc2)=C1c1ccccc1. The number of esters is 1. The van der Waals surface area contributed by atoms with Crippen molar-refractivity contribution < 1.29 is 14.6 Å². The molecule has 0 saturated heterocycles.